The molecule has 0 aliphatic rings. The van der Waals surface area contributed by atoms with Crippen molar-refractivity contribution in [1.82, 2.24) is 4.91 Å². The first kappa shape index (κ1) is 13.1. The average molecular weight is 173 g/mol. The van der Waals surface area contributed by atoms with Gasteiger partial charge in [0.25, 0.3) is 0 Å². The minimum absolute atomic E-state index is 0. The van der Waals surface area contributed by atoms with Gasteiger partial charge in [0, 0.05) is 0 Å². The van der Waals surface area contributed by atoms with Crippen molar-refractivity contribution in [1.29, 1.82) is 10.9 Å². The van der Waals surface area contributed by atoms with Crippen LogP contribution < -0.4 is 4.91 Å². The van der Waals surface area contributed by atoms with Crippen LogP contribution in [-0.4, -0.2) is 18.4 Å². The van der Waals surface area contributed by atoms with Gasteiger partial charge in [-0.15, -0.1) is 0 Å². The fourth-order valence-corrected chi connectivity index (χ4v) is 0.444. The highest BCUT2D eigenvalue weighted by Gasteiger charge is 2.08. The largest absolute Gasteiger partial charge is 0.466 e. The van der Waals surface area contributed by atoms with Crippen molar-refractivity contribution in [3.63, 3.8) is 0 Å². The van der Waals surface area contributed by atoms with Crippen LogP contribution in [0.15, 0.2) is 5.11 Å². The van der Waals surface area contributed by atoms with Gasteiger partial charge in [-0.3, -0.25) is 10.2 Å². The Kier molecular flexibility index (Phi) is 8.23. The number of rotatable bonds is 3. The number of carbonyl (C=O) groups excluding carboxylic acids is 1. The zero-order chi connectivity index (χ0) is 8.69. The number of ether oxygens (including phenoxy) is 1. The van der Waals surface area contributed by atoms with Crippen molar-refractivity contribution >= 4 is 11.8 Å². The zero-order valence-electron chi connectivity index (χ0n) is 6.13. The predicted molar refractivity (Wildman–Crippen MR) is 43.0 cm³/mol. The third-order valence-corrected chi connectivity index (χ3v) is 0.788. The van der Waals surface area contributed by atoms with Crippen LogP contribution in [0.2, 0.25) is 0 Å². The summed E-state index contributed by atoms with van der Waals surface area (Å²) in [7, 11) is 0. The van der Waals surface area contributed by atoms with Gasteiger partial charge in [-0.25, -0.2) is 0 Å². The number of esters is 1. The van der Waals surface area contributed by atoms with Crippen molar-refractivity contribution in [3.8, 4) is 0 Å². The normalized spacial score (nSPS) is 7.42. The zero-order valence-corrected chi connectivity index (χ0v) is 6.13. The van der Waals surface area contributed by atoms with Gasteiger partial charge in [-0.05, 0) is 6.92 Å². The fourth-order valence-electron chi connectivity index (χ4n) is 0.444. The summed E-state index contributed by atoms with van der Waals surface area (Å²) < 4.78 is 4.52. The highest BCUT2D eigenvalue weighted by molar-refractivity contribution is 5.95. The minimum Gasteiger partial charge on any atom is -0.466 e. The van der Waals surface area contributed by atoms with E-state index >= 15 is 0 Å². The molecule has 0 saturated heterocycles. The van der Waals surface area contributed by atoms with Crippen LogP contribution in [0.3, 0.4) is 0 Å². The molecule has 0 heterocycles. The first-order chi connectivity index (χ1) is 5.20. The molecular weight excluding hydrogens is 160 g/mol. The quantitative estimate of drug-likeness (QED) is 0.219. The second kappa shape index (κ2) is 7.56. The van der Waals surface area contributed by atoms with Crippen LogP contribution in [-0.2, 0) is 9.53 Å². The molecule has 0 rings (SSSR count). The highest BCUT2D eigenvalue weighted by Crippen LogP contribution is 1.88. The topological polar surface area (TPSA) is 100 Å². The molecule has 0 saturated carbocycles. The molecule has 0 fully saturated rings. The first-order valence-corrected chi connectivity index (χ1v) is 3.01. The van der Waals surface area contributed by atoms with Crippen LogP contribution in [0.4, 0.5) is 0 Å². The van der Waals surface area contributed by atoms with E-state index in [0.29, 0.717) is 0 Å². The number of carbonyl (C=O) groups is 1. The Morgan fingerprint density at radius 3 is 2.67 bits per heavy atom. The van der Waals surface area contributed by atoms with Gasteiger partial charge >= 0.3 is 5.97 Å². The lowest BCUT2D eigenvalue weighted by molar-refractivity contribution is -0.141. The van der Waals surface area contributed by atoms with Gasteiger partial charge in [-0.2, -0.15) is 0 Å². The maximum Gasteiger partial charge on any atom is 0.313 e. The minimum atomic E-state index is -0.523. The van der Waals surface area contributed by atoms with Crippen LogP contribution in [0.5, 0.6) is 0 Å². The van der Waals surface area contributed by atoms with E-state index in [4.69, 9.17) is 10.9 Å². The van der Waals surface area contributed by atoms with Gasteiger partial charge in [0.15, 0.2) is 5.11 Å². The summed E-state index contributed by atoms with van der Waals surface area (Å²) in [4.78, 5) is 13.2. The van der Waals surface area contributed by atoms with Crippen molar-refractivity contribution in [2.24, 2.45) is 5.11 Å². The molecule has 68 valence electrons. The molecule has 0 amide bonds. The molecule has 0 aromatic carbocycles. The van der Waals surface area contributed by atoms with Gasteiger partial charge in [0.05, 0.1) is 6.61 Å². The molecule has 0 unspecified atom stereocenters. The lowest BCUT2D eigenvalue weighted by Gasteiger charge is -1.95. The standard InChI is InChI=1S/C5H9N4O2.CH4/c1-2-11-5(10)3-4(6)8-9-7;/h6-7H,2-3H2,1H3;1H4/q+1;. The summed E-state index contributed by atoms with van der Waals surface area (Å²) in [6.07, 6.45) is -0.226. The van der Waals surface area contributed by atoms with E-state index in [1.165, 1.54) is 0 Å². The Labute approximate surface area is 70.7 Å². The van der Waals surface area contributed by atoms with Crippen molar-refractivity contribution < 1.29 is 9.53 Å². The average Bonchev–Trinajstić information content (AvgIpc) is 1.87. The molecule has 0 aliphatic heterocycles. The van der Waals surface area contributed by atoms with Crippen molar-refractivity contribution in [2.75, 3.05) is 6.61 Å². The molecule has 0 aliphatic carbocycles. The van der Waals surface area contributed by atoms with Crippen LogP contribution in [0.1, 0.15) is 20.8 Å². The maximum atomic E-state index is 10.6. The van der Waals surface area contributed by atoms with E-state index < -0.39 is 5.97 Å². The number of nitrogens with zero attached hydrogens (tertiary/aromatic N) is 2. The number of nitrogens with one attached hydrogen (secondary N) is 2. The molecule has 0 aromatic heterocycles. The maximum absolute atomic E-state index is 10.6. The molecule has 0 radical (unpaired) electrons. The fraction of sp³-hybridized carbons (Fsp3) is 0.667. The molecule has 0 spiro atoms. The summed E-state index contributed by atoms with van der Waals surface area (Å²) in [5.74, 6) is -0.789. The second-order valence-electron chi connectivity index (χ2n) is 1.63. The summed E-state index contributed by atoms with van der Waals surface area (Å²) >= 11 is 0. The lowest BCUT2D eigenvalue weighted by atomic mass is 10.4. The second-order valence-corrected chi connectivity index (χ2v) is 1.63. The Bertz CT molecular complexity index is 208. The molecule has 0 aromatic rings. The number of amidine groups is 1. The monoisotopic (exact) mass is 173 g/mol. The SMILES string of the molecule is C.CCOC(=O)CC(=N)N=[N+]=N. The van der Waals surface area contributed by atoms with Gasteiger partial charge in [0.1, 0.15) is 12.0 Å². The number of hydrogen-bond donors (Lipinski definition) is 2. The van der Waals surface area contributed by atoms with E-state index in [-0.39, 0.29) is 26.3 Å². The molecule has 6 nitrogen and oxygen atoms in total. The first-order valence-electron chi connectivity index (χ1n) is 3.01. The Hall–Kier alpha value is -1.55. The molecule has 2 N–H and O–H groups in total. The van der Waals surface area contributed by atoms with Crippen LogP contribution in [0.25, 0.3) is 0 Å². The number of hydrogen-bond acceptors (Lipinski definition) is 4. The third-order valence-electron chi connectivity index (χ3n) is 0.788. The molecular formula is C6H13N4O2+. The van der Waals surface area contributed by atoms with Gasteiger partial charge in [0.2, 0.25) is 10.7 Å². The summed E-state index contributed by atoms with van der Waals surface area (Å²) in [5.41, 5.74) is 6.24. The summed E-state index contributed by atoms with van der Waals surface area (Å²) in [6, 6.07) is 0. The van der Waals surface area contributed by atoms with Crippen LogP contribution >= 0.6 is 0 Å². The molecule has 0 bridgehead atoms. The Morgan fingerprint density at radius 2 is 2.25 bits per heavy atom. The van der Waals surface area contributed by atoms with E-state index in [9.17, 15) is 4.79 Å². The lowest BCUT2D eigenvalue weighted by Crippen LogP contribution is -2.08. The Balaban J connectivity index is 0. The molecule has 0 atom stereocenters. The van der Waals surface area contributed by atoms with E-state index in [1.807, 2.05) is 0 Å². The van der Waals surface area contributed by atoms with Crippen molar-refractivity contribution in [3.05, 3.63) is 0 Å². The van der Waals surface area contributed by atoms with E-state index in [0.717, 1.165) is 0 Å². The summed E-state index contributed by atoms with van der Waals surface area (Å²) in [5, 5.41) is 9.94. The van der Waals surface area contributed by atoms with Gasteiger partial charge in [-0.1, -0.05) is 7.43 Å². The molecule has 12 heavy (non-hydrogen) atoms. The Morgan fingerprint density at radius 1 is 1.67 bits per heavy atom. The van der Waals surface area contributed by atoms with Crippen molar-refractivity contribution in [2.45, 2.75) is 20.8 Å². The summed E-state index contributed by atoms with van der Waals surface area (Å²) in [6.45, 7) is 1.96. The highest BCUT2D eigenvalue weighted by atomic mass is 16.5. The van der Waals surface area contributed by atoms with Crippen LogP contribution in [0, 0.1) is 10.9 Å². The van der Waals surface area contributed by atoms with E-state index in [2.05, 4.69) is 14.8 Å². The molecule has 6 heteroatoms. The predicted octanol–water partition coefficient (Wildman–Crippen LogP) is 1.10. The smallest absolute Gasteiger partial charge is 0.313 e. The van der Waals surface area contributed by atoms with E-state index in [1.54, 1.807) is 6.92 Å². The van der Waals surface area contributed by atoms with Gasteiger partial charge < -0.3 is 4.74 Å². The third kappa shape index (κ3) is 6.57.